The number of hydrogen-bond donors (Lipinski definition) is 0. The molecule has 6 nitrogen and oxygen atoms in total. The second kappa shape index (κ2) is 8.22. The van der Waals surface area contributed by atoms with Crippen molar-refractivity contribution in [3.8, 4) is 0 Å². The van der Waals surface area contributed by atoms with Gasteiger partial charge in [-0.05, 0) is 38.0 Å². The number of aromatic nitrogens is 3. The van der Waals surface area contributed by atoms with Crippen molar-refractivity contribution in [2.75, 3.05) is 31.6 Å². The Bertz CT molecular complexity index is 628. The van der Waals surface area contributed by atoms with E-state index in [2.05, 4.69) is 15.0 Å². The van der Waals surface area contributed by atoms with Crippen molar-refractivity contribution in [3.05, 3.63) is 48.2 Å². The van der Waals surface area contributed by atoms with Gasteiger partial charge in [-0.3, -0.25) is 9.78 Å². The molecule has 2 heterocycles. The zero-order chi connectivity index (χ0) is 16.7. The molecule has 122 valence electrons. The van der Waals surface area contributed by atoms with Crippen LogP contribution in [-0.4, -0.2) is 52.4 Å². The molecule has 0 aliphatic heterocycles. The van der Waals surface area contributed by atoms with Crippen LogP contribution in [0.1, 0.15) is 29.9 Å². The first-order valence-corrected chi connectivity index (χ1v) is 7.87. The lowest BCUT2D eigenvalue weighted by Gasteiger charge is -2.20. The molecule has 0 atom stereocenters. The van der Waals surface area contributed by atoms with Crippen molar-refractivity contribution in [2.24, 2.45) is 0 Å². The Morgan fingerprint density at radius 2 is 1.83 bits per heavy atom. The Labute approximate surface area is 137 Å². The van der Waals surface area contributed by atoms with Crippen molar-refractivity contribution in [3.63, 3.8) is 0 Å². The first-order chi connectivity index (χ1) is 11.2. The van der Waals surface area contributed by atoms with Crippen LogP contribution in [0.15, 0.2) is 36.9 Å². The molecule has 1 amide bonds. The maximum absolute atomic E-state index is 12.4. The number of pyridine rings is 1. The maximum Gasteiger partial charge on any atom is 0.272 e. The van der Waals surface area contributed by atoms with E-state index in [4.69, 9.17) is 0 Å². The molecule has 0 unspecified atom stereocenters. The Balaban J connectivity index is 2.05. The van der Waals surface area contributed by atoms with Gasteiger partial charge in [-0.2, -0.15) is 0 Å². The summed E-state index contributed by atoms with van der Waals surface area (Å²) in [6, 6.07) is 5.76. The van der Waals surface area contributed by atoms with Crippen LogP contribution >= 0.6 is 0 Å². The molecule has 0 fully saturated rings. The molecule has 0 N–H and O–H groups in total. The summed E-state index contributed by atoms with van der Waals surface area (Å²) in [6.07, 6.45) is 5.93. The molecule has 2 aromatic rings. The van der Waals surface area contributed by atoms with E-state index < -0.39 is 0 Å². The van der Waals surface area contributed by atoms with E-state index in [0.29, 0.717) is 18.8 Å². The highest BCUT2D eigenvalue weighted by Gasteiger charge is 2.15. The third-order valence-electron chi connectivity index (χ3n) is 3.80. The third-order valence-corrected chi connectivity index (χ3v) is 3.80. The van der Waals surface area contributed by atoms with Crippen LogP contribution in [0.4, 0.5) is 5.82 Å². The van der Waals surface area contributed by atoms with E-state index in [-0.39, 0.29) is 5.91 Å². The predicted octanol–water partition coefficient (Wildman–Crippen LogP) is 2.03. The second-order valence-corrected chi connectivity index (χ2v) is 5.27. The fraction of sp³-hybridized carbons (Fsp3) is 0.412. The van der Waals surface area contributed by atoms with Crippen LogP contribution in [0.25, 0.3) is 0 Å². The van der Waals surface area contributed by atoms with Crippen molar-refractivity contribution < 1.29 is 4.79 Å². The smallest absolute Gasteiger partial charge is 0.272 e. The lowest BCUT2D eigenvalue weighted by molar-refractivity contribution is 0.0767. The molecule has 0 aromatic carbocycles. The highest BCUT2D eigenvalue weighted by molar-refractivity contribution is 5.92. The van der Waals surface area contributed by atoms with Gasteiger partial charge in [0.05, 0.1) is 0 Å². The molecular formula is C17H23N5O. The quantitative estimate of drug-likeness (QED) is 0.783. The summed E-state index contributed by atoms with van der Waals surface area (Å²) in [6.45, 7) is 6.08. The Morgan fingerprint density at radius 1 is 1.13 bits per heavy atom. The summed E-state index contributed by atoms with van der Waals surface area (Å²) in [5, 5.41) is 0. The van der Waals surface area contributed by atoms with E-state index in [1.54, 1.807) is 23.4 Å². The molecule has 6 heteroatoms. The Hall–Kier alpha value is -2.50. The van der Waals surface area contributed by atoms with Gasteiger partial charge < -0.3 is 9.80 Å². The summed E-state index contributed by atoms with van der Waals surface area (Å²) in [5.74, 6) is 0.700. The average Bonchev–Trinajstić information content (AvgIpc) is 2.61. The van der Waals surface area contributed by atoms with Gasteiger partial charge in [-0.25, -0.2) is 9.97 Å². The summed E-state index contributed by atoms with van der Waals surface area (Å²) in [5.41, 5.74) is 1.66. The molecular weight excluding hydrogens is 290 g/mol. The number of likely N-dealkylation sites (N-methyl/N-ethyl adjacent to an activating group) is 1. The van der Waals surface area contributed by atoms with Gasteiger partial charge in [-0.1, -0.05) is 0 Å². The van der Waals surface area contributed by atoms with Gasteiger partial charge in [0.25, 0.3) is 5.91 Å². The minimum Gasteiger partial charge on any atom is -0.359 e. The van der Waals surface area contributed by atoms with Gasteiger partial charge in [0, 0.05) is 45.1 Å². The molecule has 2 rings (SSSR count). The molecule has 0 saturated heterocycles. The van der Waals surface area contributed by atoms with Crippen LogP contribution < -0.4 is 4.90 Å². The average molecular weight is 313 g/mol. The number of anilines is 1. The van der Waals surface area contributed by atoms with Crippen LogP contribution in [0, 0.1) is 0 Å². The molecule has 0 spiro atoms. The highest BCUT2D eigenvalue weighted by atomic mass is 16.2. The van der Waals surface area contributed by atoms with Gasteiger partial charge in [0.1, 0.15) is 17.8 Å². The lowest BCUT2D eigenvalue weighted by atomic mass is 10.2. The van der Waals surface area contributed by atoms with Crippen LogP contribution in [0.2, 0.25) is 0 Å². The Morgan fingerprint density at radius 3 is 2.48 bits per heavy atom. The second-order valence-electron chi connectivity index (χ2n) is 5.27. The summed E-state index contributed by atoms with van der Waals surface area (Å²) in [7, 11) is 1.97. The SMILES string of the molecule is CCN(CC)C(=O)c1cc(N(C)CCc2ccncc2)ncn1. The van der Waals surface area contributed by atoms with Gasteiger partial charge in [-0.15, -0.1) is 0 Å². The zero-order valence-corrected chi connectivity index (χ0v) is 13.9. The Kier molecular flexibility index (Phi) is 6.02. The molecule has 0 bridgehead atoms. The fourth-order valence-electron chi connectivity index (χ4n) is 2.31. The van der Waals surface area contributed by atoms with Gasteiger partial charge in [0.15, 0.2) is 0 Å². The summed E-state index contributed by atoms with van der Waals surface area (Å²) >= 11 is 0. The number of rotatable bonds is 7. The van der Waals surface area contributed by atoms with Crippen LogP contribution in [0.5, 0.6) is 0 Å². The van der Waals surface area contributed by atoms with E-state index >= 15 is 0 Å². The molecule has 0 saturated carbocycles. The predicted molar refractivity (Wildman–Crippen MR) is 90.5 cm³/mol. The van der Waals surface area contributed by atoms with E-state index in [9.17, 15) is 4.79 Å². The molecule has 0 radical (unpaired) electrons. The summed E-state index contributed by atoms with van der Waals surface area (Å²) in [4.78, 5) is 28.6. The van der Waals surface area contributed by atoms with E-state index in [1.807, 2.05) is 37.9 Å². The first-order valence-electron chi connectivity index (χ1n) is 7.87. The minimum atomic E-state index is -0.0545. The van der Waals surface area contributed by atoms with E-state index in [1.165, 1.54) is 11.9 Å². The van der Waals surface area contributed by atoms with Crippen molar-refractivity contribution >= 4 is 11.7 Å². The van der Waals surface area contributed by atoms with Crippen molar-refractivity contribution in [1.29, 1.82) is 0 Å². The van der Waals surface area contributed by atoms with Crippen molar-refractivity contribution in [2.45, 2.75) is 20.3 Å². The maximum atomic E-state index is 12.4. The van der Waals surface area contributed by atoms with Gasteiger partial charge >= 0.3 is 0 Å². The van der Waals surface area contributed by atoms with Crippen molar-refractivity contribution in [1.82, 2.24) is 19.9 Å². The normalized spacial score (nSPS) is 10.4. The van der Waals surface area contributed by atoms with Gasteiger partial charge in [0.2, 0.25) is 0 Å². The zero-order valence-electron chi connectivity index (χ0n) is 13.9. The largest absolute Gasteiger partial charge is 0.359 e. The molecule has 2 aromatic heterocycles. The fourth-order valence-corrected chi connectivity index (χ4v) is 2.31. The van der Waals surface area contributed by atoms with Crippen LogP contribution in [0.3, 0.4) is 0 Å². The number of amides is 1. The number of hydrogen-bond acceptors (Lipinski definition) is 5. The lowest BCUT2D eigenvalue weighted by Crippen LogP contribution is -2.31. The van der Waals surface area contributed by atoms with E-state index in [0.717, 1.165) is 18.8 Å². The minimum absolute atomic E-state index is 0.0545. The first kappa shape index (κ1) is 16.9. The highest BCUT2D eigenvalue weighted by Crippen LogP contribution is 2.12. The molecule has 0 aliphatic carbocycles. The number of carbonyl (C=O) groups is 1. The summed E-state index contributed by atoms with van der Waals surface area (Å²) < 4.78 is 0. The molecule has 0 aliphatic rings. The molecule has 23 heavy (non-hydrogen) atoms. The monoisotopic (exact) mass is 313 g/mol. The third kappa shape index (κ3) is 4.48. The topological polar surface area (TPSA) is 62.2 Å². The number of nitrogens with zero attached hydrogens (tertiary/aromatic N) is 5. The van der Waals surface area contributed by atoms with Crippen LogP contribution in [-0.2, 0) is 6.42 Å². The number of carbonyl (C=O) groups excluding carboxylic acids is 1. The standard InChI is InChI=1S/C17H23N5O/c1-4-22(5-2)17(23)15-12-16(20-13-19-15)21(3)11-8-14-6-9-18-10-7-14/h6-7,9-10,12-13H,4-5,8,11H2,1-3H3.